The Kier molecular flexibility index (Phi) is 5.17. The molecule has 1 amide bonds. The fraction of sp³-hybridized carbons (Fsp3) is 0.667. The van der Waals surface area contributed by atoms with E-state index >= 15 is 0 Å². The summed E-state index contributed by atoms with van der Waals surface area (Å²) in [7, 11) is 0. The number of alkyl carbamates (subject to hydrolysis) is 1. The molecular formula is C9H17NO2. The summed E-state index contributed by atoms with van der Waals surface area (Å²) in [6.45, 7) is 8.75. The van der Waals surface area contributed by atoms with Crippen LogP contribution in [0, 0.1) is 5.92 Å². The second kappa shape index (κ2) is 5.63. The third-order valence-electron chi connectivity index (χ3n) is 1.50. The first-order valence-electron chi connectivity index (χ1n) is 4.33. The molecule has 0 atom stereocenters. The third-order valence-corrected chi connectivity index (χ3v) is 1.50. The van der Waals surface area contributed by atoms with Gasteiger partial charge in [0.1, 0.15) is 0 Å². The molecule has 1 aliphatic rings. The smallest absolute Gasteiger partial charge is 0.412 e. The van der Waals surface area contributed by atoms with E-state index in [0.29, 0.717) is 12.5 Å². The highest BCUT2D eigenvalue weighted by Crippen LogP contribution is 2.10. The normalized spacial score (nSPS) is 15.4. The van der Waals surface area contributed by atoms with Gasteiger partial charge in [0, 0.05) is 6.54 Å². The van der Waals surface area contributed by atoms with Crippen molar-refractivity contribution in [3.05, 3.63) is 11.8 Å². The van der Waals surface area contributed by atoms with Gasteiger partial charge in [-0.25, -0.2) is 4.79 Å². The van der Waals surface area contributed by atoms with Gasteiger partial charge in [0.15, 0.2) is 0 Å². The number of carbonyl (C=O) groups is 1. The topological polar surface area (TPSA) is 38.3 Å². The SMILES string of the molecule is CC.CC(C)C1=COC(=O)NC1. The van der Waals surface area contributed by atoms with Gasteiger partial charge < -0.3 is 10.1 Å². The first kappa shape index (κ1) is 11.0. The second-order valence-corrected chi connectivity index (χ2v) is 2.61. The molecule has 0 unspecified atom stereocenters. The summed E-state index contributed by atoms with van der Waals surface area (Å²) in [5.74, 6) is 0.445. The lowest BCUT2D eigenvalue weighted by molar-refractivity contribution is 0.179. The van der Waals surface area contributed by atoms with Crippen molar-refractivity contribution in [2.45, 2.75) is 27.7 Å². The molecule has 1 heterocycles. The molecule has 0 aromatic heterocycles. The minimum Gasteiger partial charge on any atom is -0.418 e. The zero-order chi connectivity index (χ0) is 9.56. The van der Waals surface area contributed by atoms with E-state index in [4.69, 9.17) is 0 Å². The fourth-order valence-electron chi connectivity index (χ4n) is 0.727. The first-order chi connectivity index (χ1) is 5.70. The van der Waals surface area contributed by atoms with Gasteiger partial charge in [0.05, 0.1) is 6.26 Å². The van der Waals surface area contributed by atoms with Gasteiger partial charge in [-0.1, -0.05) is 27.7 Å². The monoisotopic (exact) mass is 171 g/mol. The van der Waals surface area contributed by atoms with E-state index in [-0.39, 0.29) is 6.09 Å². The van der Waals surface area contributed by atoms with E-state index in [0.717, 1.165) is 5.57 Å². The largest absolute Gasteiger partial charge is 0.418 e. The van der Waals surface area contributed by atoms with Crippen LogP contribution in [-0.2, 0) is 4.74 Å². The van der Waals surface area contributed by atoms with Crippen LogP contribution in [0.15, 0.2) is 11.8 Å². The molecule has 3 nitrogen and oxygen atoms in total. The molecular weight excluding hydrogens is 154 g/mol. The molecule has 0 saturated heterocycles. The molecule has 3 heteroatoms. The Labute approximate surface area is 73.8 Å². The minimum atomic E-state index is -0.357. The molecule has 0 aliphatic carbocycles. The molecule has 0 spiro atoms. The molecule has 70 valence electrons. The predicted molar refractivity (Wildman–Crippen MR) is 48.8 cm³/mol. The van der Waals surface area contributed by atoms with E-state index in [1.807, 2.05) is 13.8 Å². The molecule has 0 aromatic carbocycles. The predicted octanol–water partition coefficient (Wildman–Crippen LogP) is 2.29. The lowest BCUT2D eigenvalue weighted by Crippen LogP contribution is -2.30. The highest BCUT2D eigenvalue weighted by atomic mass is 16.5. The van der Waals surface area contributed by atoms with Crippen molar-refractivity contribution < 1.29 is 9.53 Å². The van der Waals surface area contributed by atoms with Crippen molar-refractivity contribution >= 4 is 6.09 Å². The molecule has 1 N–H and O–H groups in total. The van der Waals surface area contributed by atoms with Gasteiger partial charge in [-0.3, -0.25) is 0 Å². The highest BCUT2D eigenvalue weighted by molar-refractivity contribution is 5.69. The number of rotatable bonds is 1. The maximum atomic E-state index is 10.5. The number of hydrogen-bond acceptors (Lipinski definition) is 2. The Balaban J connectivity index is 0.000000561. The number of nitrogens with one attached hydrogen (secondary N) is 1. The van der Waals surface area contributed by atoms with Crippen LogP contribution in [0.25, 0.3) is 0 Å². The van der Waals surface area contributed by atoms with Crippen LogP contribution in [0.3, 0.4) is 0 Å². The second-order valence-electron chi connectivity index (χ2n) is 2.61. The maximum absolute atomic E-state index is 10.5. The number of hydrogen-bond donors (Lipinski definition) is 1. The molecule has 0 saturated carbocycles. The zero-order valence-corrected chi connectivity index (χ0v) is 8.18. The van der Waals surface area contributed by atoms with E-state index < -0.39 is 0 Å². The Morgan fingerprint density at radius 1 is 1.50 bits per heavy atom. The third kappa shape index (κ3) is 3.42. The van der Waals surface area contributed by atoms with E-state index in [2.05, 4.69) is 23.9 Å². The van der Waals surface area contributed by atoms with Crippen molar-refractivity contribution in [3.8, 4) is 0 Å². The van der Waals surface area contributed by atoms with Crippen molar-refractivity contribution in [2.24, 2.45) is 5.92 Å². The van der Waals surface area contributed by atoms with Crippen molar-refractivity contribution in [2.75, 3.05) is 6.54 Å². The molecule has 0 fully saturated rings. The van der Waals surface area contributed by atoms with Crippen molar-refractivity contribution in [1.29, 1.82) is 0 Å². The number of ether oxygens (including phenoxy) is 1. The lowest BCUT2D eigenvalue weighted by atomic mass is 10.1. The Morgan fingerprint density at radius 3 is 2.42 bits per heavy atom. The fourth-order valence-corrected chi connectivity index (χ4v) is 0.727. The first-order valence-corrected chi connectivity index (χ1v) is 4.33. The molecule has 1 rings (SSSR count). The maximum Gasteiger partial charge on any atom is 0.412 e. The van der Waals surface area contributed by atoms with Crippen LogP contribution in [0.2, 0.25) is 0 Å². The summed E-state index contributed by atoms with van der Waals surface area (Å²) in [6, 6.07) is 0. The Morgan fingerprint density at radius 2 is 2.08 bits per heavy atom. The quantitative estimate of drug-likeness (QED) is 0.657. The Hall–Kier alpha value is -0.990. The van der Waals surface area contributed by atoms with Crippen LogP contribution < -0.4 is 5.32 Å². The average Bonchev–Trinajstić information content (AvgIpc) is 2.09. The van der Waals surface area contributed by atoms with Gasteiger partial charge in [-0.15, -0.1) is 0 Å². The van der Waals surface area contributed by atoms with Gasteiger partial charge in [-0.2, -0.15) is 0 Å². The van der Waals surface area contributed by atoms with E-state index in [9.17, 15) is 4.79 Å². The van der Waals surface area contributed by atoms with Crippen LogP contribution in [0.5, 0.6) is 0 Å². The minimum absolute atomic E-state index is 0.357. The summed E-state index contributed by atoms with van der Waals surface area (Å²) in [4.78, 5) is 10.5. The standard InChI is InChI=1S/C7H11NO2.C2H6/c1-5(2)6-3-8-7(9)10-4-6;1-2/h4-5H,3H2,1-2H3,(H,8,9);1-2H3. The molecule has 12 heavy (non-hydrogen) atoms. The zero-order valence-electron chi connectivity index (χ0n) is 8.18. The van der Waals surface area contributed by atoms with Gasteiger partial charge in [-0.05, 0) is 11.5 Å². The number of cyclic esters (lactones) is 1. The average molecular weight is 171 g/mol. The van der Waals surface area contributed by atoms with Crippen LogP contribution in [-0.4, -0.2) is 12.6 Å². The van der Waals surface area contributed by atoms with Gasteiger partial charge in [0.2, 0.25) is 0 Å². The number of carbonyl (C=O) groups excluding carboxylic acids is 1. The molecule has 1 aliphatic heterocycles. The van der Waals surface area contributed by atoms with Crippen molar-refractivity contribution in [1.82, 2.24) is 5.32 Å². The number of amides is 1. The lowest BCUT2D eigenvalue weighted by Gasteiger charge is -2.16. The van der Waals surface area contributed by atoms with Crippen LogP contribution >= 0.6 is 0 Å². The summed E-state index contributed by atoms with van der Waals surface area (Å²) >= 11 is 0. The van der Waals surface area contributed by atoms with Gasteiger partial charge in [0.25, 0.3) is 0 Å². The van der Waals surface area contributed by atoms with E-state index in [1.54, 1.807) is 0 Å². The van der Waals surface area contributed by atoms with E-state index in [1.165, 1.54) is 6.26 Å². The highest BCUT2D eigenvalue weighted by Gasteiger charge is 2.11. The summed E-state index contributed by atoms with van der Waals surface area (Å²) in [6.07, 6.45) is 1.17. The summed E-state index contributed by atoms with van der Waals surface area (Å²) < 4.78 is 4.64. The molecule has 0 aromatic rings. The summed E-state index contributed by atoms with van der Waals surface area (Å²) in [5, 5.41) is 2.58. The van der Waals surface area contributed by atoms with Crippen molar-refractivity contribution in [3.63, 3.8) is 0 Å². The van der Waals surface area contributed by atoms with Crippen LogP contribution in [0.4, 0.5) is 4.79 Å². The molecule has 0 bridgehead atoms. The Bertz CT molecular complexity index is 173. The molecule has 0 radical (unpaired) electrons. The van der Waals surface area contributed by atoms with Gasteiger partial charge >= 0.3 is 6.09 Å². The van der Waals surface area contributed by atoms with Crippen LogP contribution in [0.1, 0.15) is 27.7 Å². The summed E-state index contributed by atoms with van der Waals surface area (Å²) in [5.41, 5.74) is 1.12.